The Morgan fingerprint density at radius 3 is 1.22 bits per heavy atom. The molecular weight excluding hydrogens is 949 g/mol. The minimum absolute atomic E-state index is 0.132. The van der Waals surface area contributed by atoms with Gasteiger partial charge >= 0.3 is 23.9 Å². The van der Waals surface area contributed by atoms with E-state index in [9.17, 15) is 39.4 Å². The van der Waals surface area contributed by atoms with Gasteiger partial charge in [0.05, 0.1) is 58.2 Å². The fourth-order valence-corrected chi connectivity index (χ4v) is 10.2. The van der Waals surface area contributed by atoms with Gasteiger partial charge in [0.2, 0.25) is 0 Å². The number of nitrogens with zero attached hydrogens (tertiary/aromatic N) is 4. The molecule has 8 rings (SSSR count). The predicted molar refractivity (Wildman–Crippen MR) is 274 cm³/mol. The number of rotatable bonds is 14. The molecule has 0 bridgehead atoms. The number of carbonyl (C=O) groups excluding carboxylic acids is 4. The van der Waals surface area contributed by atoms with Crippen molar-refractivity contribution in [1.29, 1.82) is 0 Å². The van der Waals surface area contributed by atoms with Crippen LogP contribution in [0.2, 0.25) is 0 Å². The molecule has 0 unspecified atom stereocenters. The minimum atomic E-state index is -0.870. The van der Waals surface area contributed by atoms with E-state index in [0.29, 0.717) is 47.0 Å². The highest BCUT2D eigenvalue weighted by Gasteiger charge is 2.41. The number of dihydropyridines is 2. The van der Waals surface area contributed by atoms with Crippen LogP contribution in [0.5, 0.6) is 0 Å². The SMILES string of the molecule is COC(=O)C1=C(C)NC(C)=C(C(=O)O[C@@H]2CCCN(Cc3ccccc3)C2)[C@@H]1c1cccc([N+](=O)[O-])c1.COC(=O)C1=C(C)NC(C)=C(C(=O)O[C@H]2CCCN(Cc3ccccc3)C2)[C@H]1c1cccc([N+](=O)[O-])c1. The number of nitro benzene ring substituents is 2. The summed E-state index contributed by atoms with van der Waals surface area (Å²) in [6.07, 6.45) is 2.62. The molecule has 18 nitrogen and oxygen atoms in total. The number of likely N-dealkylation sites (tertiary alicyclic amines) is 2. The van der Waals surface area contributed by atoms with Crippen molar-refractivity contribution in [3.8, 4) is 0 Å². The van der Waals surface area contributed by atoms with E-state index in [2.05, 4.69) is 44.7 Å². The van der Waals surface area contributed by atoms with Crippen LogP contribution in [0.15, 0.2) is 154 Å². The Kier molecular flexibility index (Phi) is 17.9. The minimum Gasteiger partial charge on any atom is -0.466 e. The number of hydrogen-bond donors (Lipinski definition) is 2. The zero-order chi connectivity index (χ0) is 53.1. The van der Waals surface area contributed by atoms with Crippen LogP contribution in [-0.4, -0.2) is 96.1 Å². The van der Waals surface area contributed by atoms with Crippen LogP contribution in [0.4, 0.5) is 11.4 Å². The smallest absolute Gasteiger partial charge is 0.337 e. The molecule has 2 saturated heterocycles. The molecule has 0 saturated carbocycles. The molecule has 0 spiro atoms. The van der Waals surface area contributed by atoms with Crippen molar-refractivity contribution in [1.82, 2.24) is 20.4 Å². The lowest BCUT2D eigenvalue weighted by molar-refractivity contribution is -0.385. The van der Waals surface area contributed by atoms with Crippen LogP contribution >= 0.6 is 0 Å². The molecule has 4 aromatic rings. The molecule has 74 heavy (non-hydrogen) atoms. The molecule has 4 aromatic carbocycles. The van der Waals surface area contributed by atoms with E-state index >= 15 is 0 Å². The molecule has 388 valence electrons. The van der Waals surface area contributed by atoms with Crippen molar-refractivity contribution in [2.24, 2.45) is 0 Å². The van der Waals surface area contributed by atoms with E-state index in [4.69, 9.17) is 18.9 Å². The normalized spacial score (nSPS) is 20.3. The highest BCUT2D eigenvalue weighted by Crippen LogP contribution is 2.42. The fourth-order valence-electron chi connectivity index (χ4n) is 10.2. The Balaban J connectivity index is 0.000000216. The maximum absolute atomic E-state index is 13.7. The maximum atomic E-state index is 13.7. The topological polar surface area (TPSA) is 222 Å². The summed E-state index contributed by atoms with van der Waals surface area (Å²) in [7, 11) is 2.53. The monoisotopic (exact) mass is 1010 g/mol. The number of hydrogen-bond acceptors (Lipinski definition) is 16. The van der Waals surface area contributed by atoms with Gasteiger partial charge in [-0.15, -0.1) is 0 Å². The van der Waals surface area contributed by atoms with Crippen molar-refractivity contribution in [3.05, 3.63) is 197 Å². The summed E-state index contributed by atoms with van der Waals surface area (Å²) in [6, 6.07) is 32.2. The number of non-ortho nitro benzene ring substituents is 2. The number of nitro groups is 2. The quantitative estimate of drug-likeness (QED) is 0.0524. The molecule has 4 aliphatic rings. The second-order valence-corrected chi connectivity index (χ2v) is 18.7. The molecule has 0 amide bonds. The predicted octanol–water partition coefficient (Wildman–Crippen LogP) is 8.42. The first-order chi connectivity index (χ1) is 35.6. The number of allylic oxidation sites excluding steroid dienone is 4. The summed E-state index contributed by atoms with van der Waals surface area (Å²) in [5, 5.41) is 29.1. The Morgan fingerprint density at radius 1 is 0.527 bits per heavy atom. The summed E-state index contributed by atoms with van der Waals surface area (Å²) in [6.45, 7) is 11.5. The van der Waals surface area contributed by atoms with Gasteiger partial charge in [-0.2, -0.15) is 0 Å². The van der Waals surface area contributed by atoms with E-state index in [0.717, 1.165) is 51.9 Å². The van der Waals surface area contributed by atoms with Crippen LogP contribution in [-0.2, 0) is 51.2 Å². The Hall–Kier alpha value is -7.96. The lowest BCUT2D eigenvalue weighted by Crippen LogP contribution is -2.41. The second-order valence-electron chi connectivity index (χ2n) is 18.7. The molecule has 4 atom stereocenters. The average Bonchev–Trinajstić information content (AvgIpc) is 3.38. The van der Waals surface area contributed by atoms with Gasteiger partial charge in [0, 0.05) is 73.2 Å². The Labute approximate surface area is 430 Å². The van der Waals surface area contributed by atoms with E-state index < -0.39 is 45.6 Å². The van der Waals surface area contributed by atoms with Crippen molar-refractivity contribution in [2.45, 2.75) is 90.5 Å². The van der Waals surface area contributed by atoms with Crippen LogP contribution in [0.3, 0.4) is 0 Å². The van der Waals surface area contributed by atoms with Crippen LogP contribution in [0.25, 0.3) is 0 Å². The first-order valence-corrected chi connectivity index (χ1v) is 24.5. The number of carbonyl (C=O) groups is 4. The molecule has 0 aliphatic carbocycles. The summed E-state index contributed by atoms with van der Waals surface area (Å²) in [5.74, 6) is -4.09. The second kappa shape index (κ2) is 24.6. The van der Waals surface area contributed by atoms with E-state index in [1.165, 1.54) is 49.6 Å². The number of ether oxygens (including phenoxy) is 4. The maximum Gasteiger partial charge on any atom is 0.337 e. The molecule has 2 N–H and O–H groups in total. The number of nitrogens with one attached hydrogen (secondary N) is 2. The molecule has 18 heteroatoms. The Morgan fingerprint density at radius 2 is 0.878 bits per heavy atom. The number of methoxy groups -OCH3 is 2. The van der Waals surface area contributed by atoms with Gasteiger partial charge in [-0.1, -0.05) is 84.9 Å². The highest BCUT2D eigenvalue weighted by molar-refractivity contribution is 6.01. The van der Waals surface area contributed by atoms with Crippen molar-refractivity contribution < 1.29 is 48.0 Å². The number of benzene rings is 4. The molecule has 4 aliphatic heterocycles. The number of piperidine rings is 2. The van der Waals surface area contributed by atoms with Crippen LogP contribution in [0.1, 0.15) is 87.5 Å². The summed E-state index contributed by atoms with van der Waals surface area (Å²) in [4.78, 5) is 79.4. The summed E-state index contributed by atoms with van der Waals surface area (Å²) < 4.78 is 22.1. The molecule has 2 fully saturated rings. The van der Waals surface area contributed by atoms with E-state index in [1.807, 2.05) is 36.4 Å². The first kappa shape index (κ1) is 53.8. The first-order valence-electron chi connectivity index (χ1n) is 24.5. The standard InChI is InChI=1S/2C28H31N3O6/c2*1-18-24(27(32)36-3)26(21-11-7-12-22(15-21)31(34)35)25(19(2)29-18)28(33)37-23-13-8-14-30(17-23)16-20-9-5-4-6-10-20/h2*4-7,9-12,15,23,26,29H,8,13-14,16-17H2,1-3H3/t2*23-,26-/m10/s1. The van der Waals surface area contributed by atoms with Gasteiger partial charge in [0.25, 0.3) is 11.4 Å². The third-order valence-electron chi connectivity index (χ3n) is 13.6. The Bertz CT molecular complexity index is 2700. The summed E-state index contributed by atoms with van der Waals surface area (Å²) in [5.41, 5.74) is 6.02. The molecule has 4 heterocycles. The third-order valence-corrected chi connectivity index (χ3v) is 13.6. The van der Waals surface area contributed by atoms with Crippen molar-refractivity contribution in [2.75, 3.05) is 40.4 Å². The molecule has 0 radical (unpaired) electrons. The number of esters is 4. The summed E-state index contributed by atoms with van der Waals surface area (Å²) >= 11 is 0. The van der Waals surface area contributed by atoms with Gasteiger partial charge < -0.3 is 29.6 Å². The lowest BCUT2D eigenvalue weighted by atomic mass is 9.80. The average molecular weight is 1010 g/mol. The van der Waals surface area contributed by atoms with Gasteiger partial charge in [-0.25, -0.2) is 19.2 Å². The van der Waals surface area contributed by atoms with Crippen molar-refractivity contribution in [3.63, 3.8) is 0 Å². The zero-order valence-electron chi connectivity index (χ0n) is 42.5. The van der Waals surface area contributed by atoms with Gasteiger partial charge in [-0.05, 0) is 88.7 Å². The van der Waals surface area contributed by atoms with Crippen LogP contribution < -0.4 is 10.6 Å². The lowest BCUT2D eigenvalue weighted by Gasteiger charge is -2.34. The highest BCUT2D eigenvalue weighted by atomic mass is 16.6. The van der Waals surface area contributed by atoms with Crippen molar-refractivity contribution >= 4 is 35.3 Å². The van der Waals surface area contributed by atoms with E-state index in [-0.39, 0.29) is 45.9 Å². The third kappa shape index (κ3) is 13.0. The van der Waals surface area contributed by atoms with Gasteiger partial charge in [0.1, 0.15) is 12.2 Å². The van der Waals surface area contributed by atoms with Crippen LogP contribution in [0, 0.1) is 20.2 Å². The molecular formula is C56H62N6O12. The largest absolute Gasteiger partial charge is 0.466 e. The zero-order valence-corrected chi connectivity index (χ0v) is 42.5. The van der Waals surface area contributed by atoms with Gasteiger partial charge in [-0.3, -0.25) is 30.0 Å². The fraction of sp³-hybridized carbons (Fsp3) is 0.357. The molecule has 0 aromatic heterocycles. The van der Waals surface area contributed by atoms with E-state index in [1.54, 1.807) is 52.0 Å². The van der Waals surface area contributed by atoms with Gasteiger partial charge in [0.15, 0.2) is 0 Å².